The second kappa shape index (κ2) is 9.32. The first-order valence-electron chi connectivity index (χ1n) is 13.4. The molecule has 0 radical (unpaired) electrons. The number of amides is 3. The monoisotopic (exact) mass is 517 g/mol. The quantitative estimate of drug-likeness (QED) is 0.488. The smallest absolute Gasteiger partial charge is 0.328 e. The van der Waals surface area contributed by atoms with E-state index in [9.17, 15) is 14.7 Å². The molecule has 3 aliphatic rings. The van der Waals surface area contributed by atoms with Crippen molar-refractivity contribution < 1.29 is 19.4 Å². The summed E-state index contributed by atoms with van der Waals surface area (Å²) in [5.74, 6) is 0.732. The van der Waals surface area contributed by atoms with Crippen LogP contribution in [0.15, 0.2) is 42.5 Å². The number of hydrogen-bond acceptors (Lipinski definition) is 6. The van der Waals surface area contributed by atoms with E-state index in [0.717, 1.165) is 59.7 Å². The number of fused-ring (bicyclic) bond motifs is 4. The zero-order chi connectivity index (χ0) is 26.6. The van der Waals surface area contributed by atoms with Crippen molar-refractivity contribution in [3.63, 3.8) is 0 Å². The van der Waals surface area contributed by atoms with Gasteiger partial charge in [0.2, 0.25) is 0 Å². The fourth-order valence-corrected chi connectivity index (χ4v) is 6.46. The van der Waals surface area contributed by atoms with Crippen LogP contribution in [0.3, 0.4) is 0 Å². The van der Waals surface area contributed by atoms with Crippen LogP contribution in [0, 0.1) is 0 Å². The SMILES string of the molecule is CCC12Cc3c([nH]c4ccc(OC)cc34)C(c3cccc(O)c3)N1C(=O)N(CCN1CCN(C)CC1)C2=O. The van der Waals surface area contributed by atoms with E-state index in [2.05, 4.69) is 21.8 Å². The van der Waals surface area contributed by atoms with Gasteiger partial charge in [0.1, 0.15) is 23.1 Å². The highest BCUT2D eigenvalue weighted by Gasteiger charge is 2.61. The van der Waals surface area contributed by atoms with Crippen molar-refractivity contribution in [2.24, 2.45) is 0 Å². The Hall–Kier alpha value is -3.56. The van der Waals surface area contributed by atoms with Gasteiger partial charge in [-0.1, -0.05) is 19.1 Å². The van der Waals surface area contributed by atoms with Crippen LogP contribution in [0.5, 0.6) is 11.5 Å². The standard InChI is InChI=1S/C29H35N5O4/c1-4-29-18-23-22-17-21(38-3)8-9-24(22)30-25(23)26(19-6-5-7-20(35)16-19)34(29)28(37)33(27(29)36)15-14-32-12-10-31(2)11-13-32/h5-9,16-17,26,30,35H,4,10-15,18H2,1-3H3. The number of piperazine rings is 1. The van der Waals surface area contributed by atoms with Gasteiger partial charge in [-0.15, -0.1) is 0 Å². The molecule has 1 aromatic heterocycles. The molecule has 4 heterocycles. The van der Waals surface area contributed by atoms with Gasteiger partial charge in [-0.25, -0.2) is 4.79 Å². The lowest BCUT2D eigenvalue weighted by molar-refractivity contribution is -0.134. The first kappa shape index (κ1) is 24.8. The van der Waals surface area contributed by atoms with Crippen molar-refractivity contribution in [2.45, 2.75) is 31.3 Å². The highest BCUT2D eigenvalue weighted by atomic mass is 16.5. The van der Waals surface area contributed by atoms with E-state index in [1.54, 1.807) is 30.2 Å². The number of imide groups is 1. The van der Waals surface area contributed by atoms with Crippen molar-refractivity contribution in [2.75, 3.05) is 53.4 Å². The molecule has 2 unspecified atom stereocenters. The Balaban J connectivity index is 1.44. The summed E-state index contributed by atoms with van der Waals surface area (Å²) in [6, 6.07) is 12.1. The average molecular weight is 518 g/mol. The van der Waals surface area contributed by atoms with Crippen LogP contribution < -0.4 is 4.74 Å². The number of aromatic hydroxyl groups is 1. The van der Waals surface area contributed by atoms with Gasteiger partial charge in [-0.3, -0.25) is 19.5 Å². The van der Waals surface area contributed by atoms with Gasteiger partial charge < -0.3 is 19.7 Å². The van der Waals surface area contributed by atoms with E-state index in [4.69, 9.17) is 4.74 Å². The summed E-state index contributed by atoms with van der Waals surface area (Å²) >= 11 is 0. The van der Waals surface area contributed by atoms with Crippen molar-refractivity contribution in [1.29, 1.82) is 0 Å². The summed E-state index contributed by atoms with van der Waals surface area (Å²) in [4.78, 5) is 39.8. The fourth-order valence-electron chi connectivity index (χ4n) is 6.46. The van der Waals surface area contributed by atoms with Crippen LogP contribution in [0.4, 0.5) is 4.79 Å². The zero-order valence-corrected chi connectivity index (χ0v) is 22.2. The molecule has 3 aliphatic heterocycles. The summed E-state index contributed by atoms with van der Waals surface area (Å²) in [6.45, 7) is 6.85. The van der Waals surface area contributed by atoms with Gasteiger partial charge in [-0.05, 0) is 54.9 Å². The lowest BCUT2D eigenvalue weighted by Gasteiger charge is -2.44. The number of carbonyl (C=O) groups excluding carboxylic acids is 2. The lowest BCUT2D eigenvalue weighted by Crippen LogP contribution is -2.55. The number of rotatable bonds is 6. The van der Waals surface area contributed by atoms with E-state index in [1.807, 2.05) is 31.2 Å². The predicted octanol–water partition coefficient (Wildman–Crippen LogP) is 3.19. The van der Waals surface area contributed by atoms with Crippen LogP contribution in [0.1, 0.15) is 36.2 Å². The number of nitrogens with one attached hydrogen (secondary N) is 1. The van der Waals surface area contributed by atoms with Crippen molar-refractivity contribution >= 4 is 22.8 Å². The van der Waals surface area contributed by atoms with E-state index in [0.29, 0.717) is 25.9 Å². The number of methoxy groups -OCH3 is 1. The predicted molar refractivity (Wildman–Crippen MR) is 144 cm³/mol. The van der Waals surface area contributed by atoms with Gasteiger partial charge in [0.05, 0.1) is 7.11 Å². The Morgan fingerprint density at radius 2 is 1.87 bits per heavy atom. The summed E-state index contributed by atoms with van der Waals surface area (Å²) in [7, 11) is 3.76. The molecule has 3 amide bonds. The van der Waals surface area contributed by atoms with Gasteiger partial charge in [-0.2, -0.15) is 0 Å². The molecule has 0 saturated carbocycles. The van der Waals surface area contributed by atoms with Gasteiger partial charge >= 0.3 is 6.03 Å². The number of urea groups is 1. The molecule has 0 bridgehead atoms. The number of ether oxygens (including phenoxy) is 1. The van der Waals surface area contributed by atoms with Gasteiger partial charge in [0, 0.05) is 62.3 Å². The number of carbonyl (C=O) groups is 2. The Morgan fingerprint density at radius 3 is 2.58 bits per heavy atom. The Labute approximate surface area is 222 Å². The number of aromatic nitrogens is 1. The molecule has 38 heavy (non-hydrogen) atoms. The molecule has 2 atom stereocenters. The third-order valence-corrected chi connectivity index (χ3v) is 8.70. The maximum atomic E-state index is 14.2. The average Bonchev–Trinajstić information content (AvgIpc) is 3.38. The number of phenolic OH excluding ortho intramolecular Hbond substituents is 1. The summed E-state index contributed by atoms with van der Waals surface area (Å²) in [5.41, 5.74) is 2.60. The first-order chi connectivity index (χ1) is 18.4. The number of hydrogen-bond donors (Lipinski definition) is 2. The Bertz CT molecular complexity index is 1390. The zero-order valence-electron chi connectivity index (χ0n) is 22.2. The fraction of sp³-hybridized carbons (Fsp3) is 0.448. The lowest BCUT2D eigenvalue weighted by atomic mass is 9.78. The second-order valence-corrected chi connectivity index (χ2v) is 10.7. The molecular weight excluding hydrogens is 482 g/mol. The molecule has 2 saturated heterocycles. The molecule has 9 heteroatoms. The van der Waals surface area contributed by atoms with E-state index >= 15 is 0 Å². The third kappa shape index (κ3) is 3.75. The van der Waals surface area contributed by atoms with E-state index in [1.165, 1.54) is 4.90 Å². The van der Waals surface area contributed by atoms with Gasteiger partial charge in [0.25, 0.3) is 5.91 Å². The Kier molecular flexibility index (Phi) is 6.07. The normalized spacial score (nSPS) is 24.2. The number of nitrogens with zero attached hydrogens (tertiary/aromatic N) is 4. The number of aromatic amines is 1. The van der Waals surface area contributed by atoms with Crippen molar-refractivity contribution in [3.05, 3.63) is 59.3 Å². The number of likely N-dealkylation sites (N-methyl/N-ethyl adjacent to an activating group) is 1. The second-order valence-electron chi connectivity index (χ2n) is 10.7. The maximum Gasteiger partial charge on any atom is 0.328 e. The molecular formula is C29H35N5O4. The minimum absolute atomic E-state index is 0.124. The highest BCUT2D eigenvalue weighted by molar-refractivity contribution is 6.08. The minimum Gasteiger partial charge on any atom is -0.508 e. The molecule has 6 rings (SSSR count). The summed E-state index contributed by atoms with van der Waals surface area (Å²) in [5, 5.41) is 11.4. The van der Waals surface area contributed by atoms with Crippen molar-refractivity contribution in [1.82, 2.24) is 24.6 Å². The Morgan fingerprint density at radius 1 is 1.08 bits per heavy atom. The topological polar surface area (TPSA) is 92.3 Å². The molecule has 2 fully saturated rings. The van der Waals surface area contributed by atoms with Gasteiger partial charge in [0.15, 0.2) is 0 Å². The first-order valence-corrected chi connectivity index (χ1v) is 13.4. The molecule has 0 aliphatic carbocycles. The van der Waals surface area contributed by atoms with Crippen LogP contribution in [0.2, 0.25) is 0 Å². The van der Waals surface area contributed by atoms with Crippen LogP contribution in [-0.2, 0) is 11.2 Å². The van der Waals surface area contributed by atoms with Crippen LogP contribution in [0.25, 0.3) is 10.9 Å². The highest BCUT2D eigenvalue weighted by Crippen LogP contribution is 2.50. The van der Waals surface area contributed by atoms with Crippen LogP contribution >= 0.6 is 0 Å². The molecule has 9 nitrogen and oxygen atoms in total. The van der Waals surface area contributed by atoms with Crippen molar-refractivity contribution in [3.8, 4) is 11.5 Å². The third-order valence-electron chi connectivity index (χ3n) is 8.70. The molecule has 2 N–H and O–H groups in total. The number of H-pyrrole nitrogens is 1. The minimum atomic E-state index is -0.999. The molecule has 3 aromatic rings. The van der Waals surface area contributed by atoms with E-state index < -0.39 is 11.6 Å². The maximum absolute atomic E-state index is 14.2. The summed E-state index contributed by atoms with van der Waals surface area (Å²) in [6.07, 6.45) is 0.922. The number of phenols is 1. The molecule has 200 valence electrons. The molecule has 0 spiro atoms. The van der Waals surface area contributed by atoms with Crippen LogP contribution in [-0.4, -0.2) is 101 Å². The summed E-state index contributed by atoms with van der Waals surface area (Å²) < 4.78 is 5.51. The largest absolute Gasteiger partial charge is 0.508 e. The van der Waals surface area contributed by atoms with E-state index in [-0.39, 0.29) is 17.7 Å². The number of benzene rings is 2. The molecule has 2 aromatic carbocycles.